The van der Waals surface area contributed by atoms with Crippen LogP contribution in [0.15, 0.2) is 0 Å². The van der Waals surface area contributed by atoms with E-state index in [2.05, 4.69) is 25.3 Å². The van der Waals surface area contributed by atoms with E-state index in [1.807, 2.05) is 6.92 Å². The first-order valence-electron chi connectivity index (χ1n) is 11.2. The number of carbonyl (C=O) groups excluding carboxylic acids is 2. The van der Waals surface area contributed by atoms with Crippen molar-refractivity contribution in [3.63, 3.8) is 0 Å². The highest BCUT2D eigenvalue weighted by atomic mass is 19.4. The largest absolute Gasteiger partial charge is 0.453 e. The highest BCUT2D eigenvalue weighted by Crippen LogP contribution is 2.27. The van der Waals surface area contributed by atoms with Crippen LogP contribution in [0.3, 0.4) is 0 Å². The molecule has 1 unspecified atom stereocenters. The van der Waals surface area contributed by atoms with E-state index in [1.54, 1.807) is 18.7 Å². The number of rotatable bonds is 6. The van der Waals surface area contributed by atoms with Crippen LogP contribution in [0.2, 0.25) is 0 Å². The fourth-order valence-corrected chi connectivity index (χ4v) is 4.15. The molecular weight excluding hydrogens is 439 g/mol. The molecule has 1 aliphatic heterocycles. The molecular formula is C21H28F3N7O2. The van der Waals surface area contributed by atoms with Crippen LogP contribution in [0.1, 0.15) is 49.0 Å². The second-order valence-corrected chi connectivity index (χ2v) is 8.78. The topological polar surface area (TPSA) is 95.7 Å². The molecule has 2 aromatic rings. The van der Waals surface area contributed by atoms with E-state index < -0.39 is 12.0 Å². The Balaban J connectivity index is 1.34. The minimum Gasteiger partial charge on any atom is -0.352 e. The molecule has 2 aliphatic rings. The van der Waals surface area contributed by atoms with Gasteiger partial charge in [0.1, 0.15) is 0 Å². The van der Waals surface area contributed by atoms with Crippen molar-refractivity contribution in [2.75, 3.05) is 26.2 Å². The lowest BCUT2D eigenvalue weighted by atomic mass is 10.1. The SMILES string of the molecule is Cc1nc2nc(C(F)(F)F)nn2c(C)c1CCC(=O)N1CCN(C(C)C(=O)NC2CC2)CC1. The molecule has 0 aromatic carbocycles. The van der Waals surface area contributed by atoms with Gasteiger partial charge in [-0.3, -0.25) is 14.5 Å². The predicted molar refractivity (Wildman–Crippen MR) is 112 cm³/mol. The van der Waals surface area contributed by atoms with E-state index in [-0.39, 0.29) is 30.1 Å². The molecule has 180 valence electrons. The molecule has 9 nitrogen and oxygen atoms in total. The Morgan fingerprint density at radius 3 is 2.39 bits per heavy atom. The number of hydrogen-bond donors (Lipinski definition) is 1. The third-order valence-corrected chi connectivity index (χ3v) is 6.41. The quantitative estimate of drug-likeness (QED) is 0.692. The molecule has 1 saturated carbocycles. The molecule has 2 fully saturated rings. The van der Waals surface area contributed by atoms with Gasteiger partial charge in [0.05, 0.1) is 6.04 Å². The third-order valence-electron chi connectivity index (χ3n) is 6.41. The van der Waals surface area contributed by atoms with E-state index >= 15 is 0 Å². The number of halogens is 3. The molecule has 1 saturated heterocycles. The number of alkyl halides is 3. The lowest BCUT2D eigenvalue weighted by Gasteiger charge is -2.37. The third kappa shape index (κ3) is 5.10. The van der Waals surface area contributed by atoms with E-state index in [4.69, 9.17) is 0 Å². The molecule has 0 radical (unpaired) electrons. The number of carbonyl (C=O) groups is 2. The summed E-state index contributed by atoms with van der Waals surface area (Å²) < 4.78 is 40.0. The van der Waals surface area contributed by atoms with Gasteiger partial charge in [-0.1, -0.05) is 0 Å². The van der Waals surface area contributed by atoms with Gasteiger partial charge >= 0.3 is 6.18 Å². The maximum atomic E-state index is 13.0. The fourth-order valence-electron chi connectivity index (χ4n) is 4.15. The van der Waals surface area contributed by atoms with Gasteiger partial charge in [-0.25, -0.2) is 9.50 Å². The molecule has 1 atom stereocenters. The first-order valence-corrected chi connectivity index (χ1v) is 11.2. The van der Waals surface area contributed by atoms with Gasteiger partial charge in [-0.2, -0.15) is 18.2 Å². The molecule has 2 amide bonds. The first-order chi connectivity index (χ1) is 15.5. The number of amides is 2. The number of aryl methyl sites for hydroxylation is 2. The van der Waals surface area contributed by atoms with E-state index in [0.717, 1.165) is 17.4 Å². The second-order valence-electron chi connectivity index (χ2n) is 8.78. The van der Waals surface area contributed by atoms with Crippen molar-refractivity contribution in [3.05, 3.63) is 22.8 Å². The zero-order valence-electron chi connectivity index (χ0n) is 18.9. The summed E-state index contributed by atoms with van der Waals surface area (Å²) in [5, 5.41) is 6.56. The van der Waals surface area contributed by atoms with E-state index in [0.29, 0.717) is 55.6 Å². The van der Waals surface area contributed by atoms with Gasteiger partial charge in [0.2, 0.25) is 11.8 Å². The molecule has 1 N–H and O–H groups in total. The van der Waals surface area contributed by atoms with Crippen molar-refractivity contribution in [2.24, 2.45) is 0 Å². The van der Waals surface area contributed by atoms with E-state index in [9.17, 15) is 22.8 Å². The number of fused-ring (bicyclic) bond motifs is 1. The number of nitrogens with one attached hydrogen (secondary N) is 1. The normalized spacial score (nSPS) is 18.5. The van der Waals surface area contributed by atoms with Crippen LogP contribution in [-0.4, -0.2) is 79.5 Å². The summed E-state index contributed by atoms with van der Waals surface area (Å²) in [4.78, 5) is 36.5. The molecule has 12 heteroatoms. The Kier molecular flexibility index (Phi) is 6.30. The summed E-state index contributed by atoms with van der Waals surface area (Å²) in [6, 6.07) is 0.0937. The summed E-state index contributed by atoms with van der Waals surface area (Å²) in [5.41, 5.74) is 1.72. The highest BCUT2D eigenvalue weighted by molar-refractivity contribution is 5.82. The fraction of sp³-hybridized carbons (Fsp3) is 0.667. The number of aromatic nitrogens is 4. The van der Waals surface area contributed by atoms with Crippen LogP contribution in [0.5, 0.6) is 0 Å². The van der Waals surface area contributed by atoms with Crippen molar-refractivity contribution in [3.8, 4) is 0 Å². The minimum atomic E-state index is -4.65. The predicted octanol–water partition coefficient (Wildman–Crippen LogP) is 1.50. The number of hydrogen-bond acceptors (Lipinski definition) is 6. The van der Waals surface area contributed by atoms with Crippen LogP contribution < -0.4 is 5.32 Å². The monoisotopic (exact) mass is 467 g/mol. The number of nitrogens with zero attached hydrogens (tertiary/aromatic N) is 6. The standard InChI is InChI=1S/C21H28F3N7O2/c1-12-16(13(2)31-20(25-12)27-19(28-31)21(22,23)24)6-7-17(32)30-10-8-29(9-11-30)14(3)18(33)26-15-4-5-15/h14-15H,4-11H2,1-3H3,(H,26,33). The van der Waals surface area contributed by atoms with Crippen molar-refractivity contribution < 1.29 is 22.8 Å². The average Bonchev–Trinajstić information content (AvgIpc) is 3.46. The van der Waals surface area contributed by atoms with Gasteiger partial charge < -0.3 is 10.2 Å². The second kappa shape index (κ2) is 8.88. The molecule has 0 bridgehead atoms. The smallest absolute Gasteiger partial charge is 0.352 e. The molecule has 3 heterocycles. The zero-order valence-corrected chi connectivity index (χ0v) is 18.9. The molecule has 2 aromatic heterocycles. The summed E-state index contributed by atoms with van der Waals surface area (Å²) in [5.74, 6) is -1.34. The maximum Gasteiger partial charge on any atom is 0.453 e. The molecule has 33 heavy (non-hydrogen) atoms. The Morgan fingerprint density at radius 2 is 1.79 bits per heavy atom. The van der Waals surface area contributed by atoms with Crippen LogP contribution in [-0.2, 0) is 22.2 Å². The Hall–Kier alpha value is -2.76. The van der Waals surface area contributed by atoms with Crippen molar-refractivity contribution in [1.29, 1.82) is 0 Å². The van der Waals surface area contributed by atoms with Crippen molar-refractivity contribution >= 4 is 17.6 Å². The van der Waals surface area contributed by atoms with Crippen LogP contribution >= 0.6 is 0 Å². The maximum absolute atomic E-state index is 13.0. The highest BCUT2D eigenvalue weighted by Gasteiger charge is 2.37. The van der Waals surface area contributed by atoms with Crippen molar-refractivity contribution in [1.82, 2.24) is 34.7 Å². The van der Waals surface area contributed by atoms with E-state index in [1.165, 1.54) is 0 Å². The Morgan fingerprint density at radius 1 is 1.12 bits per heavy atom. The average molecular weight is 467 g/mol. The lowest BCUT2D eigenvalue weighted by molar-refractivity contribution is -0.144. The van der Waals surface area contributed by atoms with Crippen LogP contribution in [0, 0.1) is 13.8 Å². The minimum absolute atomic E-state index is 0.0294. The molecule has 0 spiro atoms. The first kappa shape index (κ1) is 23.4. The van der Waals surface area contributed by atoms with Gasteiger partial charge in [0.15, 0.2) is 0 Å². The van der Waals surface area contributed by atoms with Crippen LogP contribution in [0.4, 0.5) is 13.2 Å². The summed E-state index contributed by atoms with van der Waals surface area (Å²) in [6.45, 7) is 7.55. The summed E-state index contributed by atoms with van der Waals surface area (Å²) in [6.07, 6.45) is -2.00. The lowest BCUT2D eigenvalue weighted by Crippen LogP contribution is -2.55. The summed E-state index contributed by atoms with van der Waals surface area (Å²) in [7, 11) is 0. The van der Waals surface area contributed by atoms with Gasteiger partial charge in [-0.15, -0.1) is 5.10 Å². The van der Waals surface area contributed by atoms with Gasteiger partial charge in [-0.05, 0) is 45.6 Å². The van der Waals surface area contributed by atoms with Crippen molar-refractivity contribution in [2.45, 2.75) is 64.7 Å². The van der Waals surface area contributed by atoms with Gasteiger partial charge in [0, 0.05) is 50.0 Å². The number of piperazine rings is 1. The molecule has 4 rings (SSSR count). The Labute approximate surface area is 189 Å². The summed E-state index contributed by atoms with van der Waals surface area (Å²) >= 11 is 0. The zero-order chi connectivity index (χ0) is 23.9. The van der Waals surface area contributed by atoms with Gasteiger partial charge in [0.25, 0.3) is 11.6 Å². The Bertz CT molecular complexity index is 1060. The van der Waals surface area contributed by atoms with Crippen LogP contribution in [0.25, 0.3) is 5.78 Å². The molecule has 1 aliphatic carbocycles.